The highest BCUT2D eigenvalue weighted by atomic mass is 16.5. The fourth-order valence-electron chi connectivity index (χ4n) is 1.39. The van der Waals surface area contributed by atoms with Crippen molar-refractivity contribution in [3.8, 4) is 6.01 Å². The maximum atomic E-state index is 5.57. The van der Waals surface area contributed by atoms with Crippen LogP contribution in [-0.2, 0) is 0 Å². The predicted molar refractivity (Wildman–Crippen MR) is 45.1 cm³/mol. The van der Waals surface area contributed by atoms with Crippen molar-refractivity contribution < 1.29 is 4.74 Å². The Kier molecular flexibility index (Phi) is 2.27. The fraction of sp³-hybridized carbons (Fsp3) is 0.625. The summed E-state index contributed by atoms with van der Waals surface area (Å²) in [5.74, 6) is 0. The van der Waals surface area contributed by atoms with Gasteiger partial charge in [0.25, 0.3) is 6.01 Å². The van der Waals surface area contributed by atoms with E-state index in [0.717, 1.165) is 19.5 Å². The average Bonchev–Trinajstić information content (AvgIpc) is 2.59. The van der Waals surface area contributed by atoms with Crippen LogP contribution >= 0.6 is 0 Å². The Balaban J connectivity index is 1.86. The van der Waals surface area contributed by atoms with Gasteiger partial charge < -0.3 is 15.0 Å². The molecule has 2 rings (SSSR count). The molecule has 4 nitrogen and oxygen atoms in total. The molecule has 0 amide bonds. The predicted octanol–water partition coefficient (Wildman–Crippen LogP) is 0.540. The van der Waals surface area contributed by atoms with Crippen molar-refractivity contribution in [3.63, 3.8) is 0 Å². The third-order valence-corrected chi connectivity index (χ3v) is 2.00. The van der Waals surface area contributed by atoms with Crippen LogP contribution < -0.4 is 10.1 Å². The number of nitrogens with zero attached hydrogens (tertiary/aromatic N) is 1. The van der Waals surface area contributed by atoms with Gasteiger partial charge in [-0.2, -0.15) is 0 Å². The second-order valence-electron chi connectivity index (χ2n) is 2.98. The second-order valence-corrected chi connectivity index (χ2v) is 2.98. The summed E-state index contributed by atoms with van der Waals surface area (Å²) in [6.07, 6.45) is 6.06. The van der Waals surface area contributed by atoms with Gasteiger partial charge in [0.15, 0.2) is 0 Å². The van der Waals surface area contributed by atoms with Crippen LogP contribution in [0.5, 0.6) is 6.01 Å². The molecule has 1 aliphatic rings. The van der Waals surface area contributed by atoms with E-state index in [1.165, 1.54) is 6.42 Å². The molecule has 0 saturated carbocycles. The highest BCUT2D eigenvalue weighted by Crippen LogP contribution is 2.09. The van der Waals surface area contributed by atoms with Gasteiger partial charge >= 0.3 is 0 Å². The Hall–Kier alpha value is -1.03. The first-order valence-electron chi connectivity index (χ1n) is 4.32. The van der Waals surface area contributed by atoms with Crippen LogP contribution in [0.2, 0.25) is 0 Å². The lowest BCUT2D eigenvalue weighted by molar-refractivity contribution is 0.155. The minimum absolute atomic E-state index is 0.282. The molecule has 12 heavy (non-hydrogen) atoms. The first kappa shape index (κ1) is 7.61. The fourth-order valence-corrected chi connectivity index (χ4v) is 1.39. The summed E-state index contributed by atoms with van der Waals surface area (Å²) in [5, 5.41) is 3.28. The zero-order chi connectivity index (χ0) is 8.23. The van der Waals surface area contributed by atoms with E-state index in [4.69, 9.17) is 4.74 Å². The molecule has 1 unspecified atom stereocenters. The van der Waals surface area contributed by atoms with Gasteiger partial charge in [0.2, 0.25) is 0 Å². The molecule has 1 fully saturated rings. The molecule has 4 heteroatoms. The number of aromatic nitrogens is 2. The molecule has 2 N–H and O–H groups in total. The van der Waals surface area contributed by atoms with Crippen LogP contribution in [0.25, 0.3) is 0 Å². The van der Waals surface area contributed by atoms with Crippen molar-refractivity contribution in [2.45, 2.75) is 18.9 Å². The van der Waals surface area contributed by atoms with Crippen molar-refractivity contribution >= 4 is 0 Å². The van der Waals surface area contributed by atoms with Gasteiger partial charge in [0, 0.05) is 18.9 Å². The first-order valence-corrected chi connectivity index (χ1v) is 4.32. The van der Waals surface area contributed by atoms with Crippen LogP contribution in [0.1, 0.15) is 12.8 Å². The lowest BCUT2D eigenvalue weighted by Crippen LogP contribution is -2.37. The number of piperidine rings is 1. The van der Waals surface area contributed by atoms with E-state index in [0.29, 0.717) is 6.01 Å². The van der Waals surface area contributed by atoms with E-state index in [1.54, 1.807) is 12.4 Å². The summed E-state index contributed by atoms with van der Waals surface area (Å²) in [6.45, 7) is 2.04. The van der Waals surface area contributed by atoms with Gasteiger partial charge in [-0.15, -0.1) is 0 Å². The maximum Gasteiger partial charge on any atom is 0.293 e. The zero-order valence-corrected chi connectivity index (χ0v) is 6.92. The molecular formula is C8H13N3O. The Morgan fingerprint density at radius 3 is 3.25 bits per heavy atom. The van der Waals surface area contributed by atoms with Gasteiger partial charge in [0.1, 0.15) is 6.10 Å². The second kappa shape index (κ2) is 3.58. The van der Waals surface area contributed by atoms with Crippen LogP contribution in [0.3, 0.4) is 0 Å². The van der Waals surface area contributed by atoms with Crippen molar-refractivity contribution in [3.05, 3.63) is 12.4 Å². The number of hydrogen-bond donors (Lipinski definition) is 2. The van der Waals surface area contributed by atoms with E-state index in [-0.39, 0.29) is 6.10 Å². The SMILES string of the molecule is c1c[nH]c(OC2CCCNC2)n1. The van der Waals surface area contributed by atoms with E-state index in [2.05, 4.69) is 15.3 Å². The molecule has 66 valence electrons. The maximum absolute atomic E-state index is 5.57. The van der Waals surface area contributed by atoms with Crippen molar-refractivity contribution in [1.82, 2.24) is 15.3 Å². The standard InChI is InChI=1S/C8H13N3O/c1-2-7(6-9-3-1)12-8-10-4-5-11-8/h4-5,7,9H,1-3,6H2,(H,10,11). The quantitative estimate of drug-likeness (QED) is 0.676. The Morgan fingerprint density at radius 1 is 1.58 bits per heavy atom. The number of nitrogens with one attached hydrogen (secondary N) is 2. The van der Waals surface area contributed by atoms with Gasteiger partial charge in [-0.3, -0.25) is 0 Å². The molecule has 0 spiro atoms. The molecule has 0 aromatic carbocycles. The number of H-pyrrole nitrogens is 1. The zero-order valence-electron chi connectivity index (χ0n) is 6.92. The molecule has 1 aliphatic heterocycles. The van der Waals surface area contributed by atoms with E-state index >= 15 is 0 Å². The number of hydrogen-bond acceptors (Lipinski definition) is 3. The summed E-state index contributed by atoms with van der Waals surface area (Å²) in [6, 6.07) is 0.628. The van der Waals surface area contributed by atoms with Crippen molar-refractivity contribution in [2.24, 2.45) is 0 Å². The molecule has 0 bridgehead atoms. The minimum atomic E-state index is 0.282. The van der Waals surface area contributed by atoms with Crippen LogP contribution in [0.4, 0.5) is 0 Å². The smallest absolute Gasteiger partial charge is 0.293 e. The Morgan fingerprint density at radius 2 is 2.58 bits per heavy atom. The van der Waals surface area contributed by atoms with Crippen LogP contribution in [-0.4, -0.2) is 29.2 Å². The largest absolute Gasteiger partial charge is 0.460 e. The molecule has 1 aromatic heterocycles. The van der Waals surface area contributed by atoms with E-state index in [1.807, 2.05) is 0 Å². The van der Waals surface area contributed by atoms with Gasteiger partial charge in [0.05, 0.1) is 0 Å². The van der Waals surface area contributed by atoms with Crippen LogP contribution in [0.15, 0.2) is 12.4 Å². The van der Waals surface area contributed by atoms with Gasteiger partial charge in [-0.1, -0.05) is 0 Å². The lowest BCUT2D eigenvalue weighted by atomic mass is 10.1. The summed E-state index contributed by atoms with van der Waals surface area (Å²) in [4.78, 5) is 6.93. The molecule has 0 radical (unpaired) electrons. The molecule has 0 aliphatic carbocycles. The third-order valence-electron chi connectivity index (χ3n) is 2.00. The topological polar surface area (TPSA) is 49.9 Å². The Bertz CT molecular complexity index is 216. The summed E-state index contributed by atoms with van der Waals surface area (Å²) < 4.78 is 5.57. The summed E-state index contributed by atoms with van der Waals surface area (Å²) in [5.41, 5.74) is 0. The molecular weight excluding hydrogens is 154 g/mol. The number of aromatic amines is 1. The average molecular weight is 167 g/mol. The lowest BCUT2D eigenvalue weighted by Gasteiger charge is -2.22. The highest BCUT2D eigenvalue weighted by molar-refractivity contribution is 4.94. The summed E-state index contributed by atoms with van der Waals surface area (Å²) >= 11 is 0. The molecule has 2 heterocycles. The van der Waals surface area contributed by atoms with Gasteiger partial charge in [-0.05, 0) is 19.4 Å². The van der Waals surface area contributed by atoms with Gasteiger partial charge in [-0.25, -0.2) is 4.98 Å². The first-order chi connectivity index (χ1) is 5.95. The van der Waals surface area contributed by atoms with Crippen molar-refractivity contribution in [1.29, 1.82) is 0 Å². The molecule has 1 saturated heterocycles. The third kappa shape index (κ3) is 1.76. The minimum Gasteiger partial charge on any atom is -0.460 e. The number of imidazole rings is 1. The van der Waals surface area contributed by atoms with E-state index in [9.17, 15) is 0 Å². The number of ether oxygens (including phenoxy) is 1. The number of rotatable bonds is 2. The molecule has 1 aromatic rings. The summed E-state index contributed by atoms with van der Waals surface area (Å²) in [7, 11) is 0. The normalized spacial score (nSPS) is 23.8. The molecule has 1 atom stereocenters. The van der Waals surface area contributed by atoms with Crippen molar-refractivity contribution in [2.75, 3.05) is 13.1 Å². The highest BCUT2D eigenvalue weighted by Gasteiger charge is 2.14. The van der Waals surface area contributed by atoms with E-state index < -0.39 is 0 Å². The Labute approximate surface area is 71.3 Å². The monoisotopic (exact) mass is 167 g/mol. The van der Waals surface area contributed by atoms with Crippen LogP contribution in [0, 0.1) is 0 Å².